The van der Waals surface area contributed by atoms with E-state index in [4.69, 9.17) is 4.74 Å². The maximum absolute atomic E-state index is 13.9. The monoisotopic (exact) mass is 456 g/mol. The number of nitrogens with zero attached hydrogens (tertiary/aromatic N) is 2. The van der Waals surface area contributed by atoms with Crippen LogP contribution in [0.5, 0.6) is 5.75 Å². The van der Waals surface area contributed by atoms with Gasteiger partial charge in [0.15, 0.2) is 0 Å². The Hall–Kier alpha value is -3.43. The summed E-state index contributed by atoms with van der Waals surface area (Å²) in [6.07, 6.45) is 1.45. The molecule has 0 saturated heterocycles. The number of hydrogen-bond donors (Lipinski definition) is 1. The van der Waals surface area contributed by atoms with Crippen LogP contribution < -0.4 is 4.74 Å². The van der Waals surface area contributed by atoms with Gasteiger partial charge in [-0.1, -0.05) is 30.0 Å². The van der Waals surface area contributed by atoms with E-state index in [1.165, 1.54) is 6.07 Å². The number of carbonyl (C=O) groups is 1. The predicted octanol–water partition coefficient (Wildman–Crippen LogP) is 4.01. The standard InChI is InChI=1S/C22H17FN2O5S.CH4/c23-15-5-7-17(22(27)25-31(28)29)19(11-15)13-4-6-18-20(10-13)30-12-14(21(18)26)9-16-3-1-2-8-24-16;/h1-8,10-11,14,21,26H,9,12H2;1H4/t14-,21+;/m0./s1. The number of aliphatic hydroxyl groups excluding tert-OH is 1. The number of benzene rings is 2. The maximum atomic E-state index is 13.9. The smallest absolute Gasteiger partial charge is 0.319 e. The van der Waals surface area contributed by atoms with E-state index in [1.54, 1.807) is 24.4 Å². The van der Waals surface area contributed by atoms with Crippen molar-refractivity contribution in [2.24, 2.45) is 10.3 Å². The van der Waals surface area contributed by atoms with E-state index >= 15 is 0 Å². The molecule has 7 nitrogen and oxygen atoms in total. The topological polar surface area (TPSA) is 106 Å². The number of halogens is 1. The third-order valence-electron chi connectivity index (χ3n) is 5.11. The first-order valence-electron chi connectivity index (χ1n) is 9.42. The lowest BCUT2D eigenvalue weighted by atomic mass is 9.88. The summed E-state index contributed by atoms with van der Waals surface area (Å²) in [5.74, 6) is -1.37. The van der Waals surface area contributed by atoms with Crippen LogP contribution in [0.15, 0.2) is 65.2 Å². The second kappa shape index (κ2) is 9.80. The minimum Gasteiger partial charge on any atom is -0.493 e. The molecule has 2 atom stereocenters. The molecule has 1 N–H and O–H groups in total. The third kappa shape index (κ3) is 4.90. The van der Waals surface area contributed by atoms with Crippen molar-refractivity contribution in [1.82, 2.24) is 4.98 Å². The normalized spacial score (nSPS) is 16.8. The van der Waals surface area contributed by atoms with Crippen LogP contribution in [0, 0.1) is 11.7 Å². The molecule has 0 unspecified atom stereocenters. The van der Waals surface area contributed by atoms with Gasteiger partial charge >= 0.3 is 10.5 Å². The molecule has 4 rings (SSSR count). The summed E-state index contributed by atoms with van der Waals surface area (Å²) in [6.45, 7) is 0.258. The van der Waals surface area contributed by atoms with Gasteiger partial charge in [0.05, 0.1) is 18.3 Å². The zero-order valence-corrected chi connectivity index (χ0v) is 16.9. The van der Waals surface area contributed by atoms with Crippen LogP contribution in [0.2, 0.25) is 0 Å². The Bertz CT molecular complexity index is 1270. The molecule has 0 aliphatic carbocycles. The average molecular weight is 456 g/mol. The largest absolute Gasteiger partial charge is 0.493 e. The van der Waals surface area contributed by atoms with Crippen molar-refractivity contribution < 1.29 is 27.4 Å². The maximum Gasteiger partial charge on any atom is 0.319 e. The number of amides is 1. The third-order valence-corrected chi connectivity index (χ3v) is 5.42. The van der Waals surface area contributed by atoms with Gasteiger partial charge in [-0.15, -0.1) is 0 Å². The molecule has 1 aliphatic rings. The molecule has 9 heteroatoms. The van der Waals surface area contributed by atoms with E-state index in [1.807, 2.05) is 18.2 Å². The molecule has 32 heavy (non-hydrogen) atoms. The summed E-state index contributed by atoms with van der Waals surface area (Å²) >= 11 is 0. The van der Waals surface area contributed by atoms with Crippen LogP contribution in [0.3, 0.4) is 0 Å². The quantitative estimate of drug-likeness (QED) is 0.636. The number of carbonyl (C=O) groups excluding carboxylic acids is 1. The fraction of sp³-hybridized carbons (Fsp3) is 0.217. The van der Waals surface area contributed by atoms with E-state index in [0.29, 0.717) is 23.3 Å². The number of rotatable bonds is 4. The van der Waals surface area contributed by atoms with E-state index in [0.717, 1.165) is 17.8 Å². The van der Waals surface area contributed by atoms with Crippen molar-refractivity contribution in [2.75, 3.05) is 6.61 Å². The highest BCUT2D eigenvalue weighted by molar-refractivity contribution is 7.62. The lowest BCUT2D eigenvalue weighted by Crippen LogP contribution is -2.28. The van der Waals surface area contributed by atoms with Crippen molar-refractivity contribution >= 4 is 16.4 Å². The number of aliphatic hydroxyl groups is 1. The Labute approximate surface area is 186 Å². The lowest BCUT2D eigenvalue weighted by Gasteiger charge is -2.30. The molecule has 166 valence electrons. The Balaban J connectivity index is 0.00000289. The molecule has 0 saturated carbocycles. The first kappa shape index (κ1) is 23.2. The summed E-state index contributed by atoms with van der Waals surface area (Å²) in [6, 6.07) is 13.8. The highest BCUT2D eigenvalue weighted by Crippen LogP contribution is 2.39. The fourth-order valence-electron chi connectivity index (χ4n) is 3.63. The predicted molar refractivity (Wildman–Crippen MR) is 116 cm³/mol. The van der Waals surface area contributed by atoms with Gasteiger partial charge in [-0.2, -0.15) is 8.42 Å². The van der Waals surface area contributed by atoms with E-state index in [9.17, 15) is 22.7 Å². The van der Waals surface area contributed by atoms with Crippen LogP contribution >= 0.6 is 0 Å². The molecule has 1 amide bonds. The Morgan fingerprint density at radius 2 is 2.00 bits per heavy atom. The molecule has 0 spiro atoms. The summed E-state index contributed by atoms with van der Waals surface area (Å²) in [4.78, 5) is 16.4. The van der Waals surface area contributed by atoms with Crippen molar-refractivity contribution in [1.29, 1.82) is 0 Å². The van der Waals surface area contributed by atoms with E-state index in [-0.39, 0.29) is 31.1 Å². The second-order valence-corrected chi connectivity index (χ2v) is 7.71. The van der Waals surface area contributed by atoms with E-state index in [2.05, 4.69) is 9.35 Å². The van der Waals surface area contributed by atoms with Crippen molar-refractivity contribution in [3.05, 3.63) is 83.4 Å². The van der Waals surface area contributed by atoms with Crippen LogP contribution in [-0.4, -0.2) is 31.0 Å². The highest BCUT2D eigenvalue weighted by atomic mass is 32.2. The van der Waals surface area contributed by atoms with Crippen molar-refractivity contribution in [2.45, 2.75) is 20.0 Å². The molecule has 1 aromatic heterocycles. The summed E-state index contributed by atoms with van der Waals surface area (Å²) in [7, 11) is -2.93. The first-order valence-corrected chi connectivity index (χ1v) is 10.5. The lowest BCUT2D eigenvalue weighted by molar-refractivity contribution is 0.0503. The first-order chi connectivity index (χ1) is 14.9. The Morgan fingerprint density at radius 3 is 2.72 bits per heavy atom. The molecule has 1 aliphatic heterocycles. The van der Waals surface area contributed by atoms with Crippen LogP contribution in [0.25, 0.3) is 11.1 Å². The minimum atomic E-state index is -2.93. The number of pyridine rings is 1. The van der Waals surface area contributed by atoms with Gasteiger partial charge in [-0.05, 0) is 53.9 Å². The molecule has 3 aromatic rings. The summed E-state index contributed by atoms with van der Waals surface area (Å²) in [5.41, 5.74) is 1.97. The number of aromatic nitrogens is 1. The number of hydrogen-bond acceptors (Lipinski definition) is 6. The average Bonchev–Trinajstić information content (AvgIpc) is 2.75. The molecule has 0 bridgehead atoms. The van der Waals surface area contributed by atoms with Gasteiger partial charge in [-0.3, -0.25) is 9.78 Å². The molecule has 0 fully saturated rings. The van der Waals surface area contributed by atoms with Crippen LogP contribution in [0.1, 0.15) is 35.1 Å². The number of ether oxygens (including phenoxy) is 1. The van der Waals surface area contributed by atoms with Crippen LogP contribution in [0.4, 0.5) is 4.39 Å². The summed E-state index contributed by atoms with van der Waals surface area (Å²) in [5, 5.41) is 10.8. The molecular formula is C23H21FN2O5S. The SMILES string of the molecule is C.O=C(N=S(=O)=O)c1ccc(F)cc1-c1ccc2c(c1)OC[C@H](Cc1ccccn1)[C@H]2O. The van der Waals surface area contributed by atoms with Gasteiger partial charge in [-0.25, -0.2) is 4.39 Å². The van der Waals surface area contributed by atoms with Crippen molar-refractivity contribution in [3.63, 3.8) is 0 Å². The zero-order valence-electron chi connectivity index (χ0n) is 16.1. The molecule has 2 aromatic carbocycles. The Morgan fingerprint density at radius 1 is 1.19 bits per heavy atom. The fourth-order valence-corrected chi connectivity index (χ4v) is 3.86. The van der Waals surface area contributed by atoms with Gasteiger partial charge in [0.25, 0.3) is 5.91 Å². The minimum absolute atomic E-state index is 0. The van der Waals surface area contributed by atoms with E-state index < -0.39 is 28.3 Å². The van der Waals surface area contributed by atoms with Gasteiger partial charge in [0.2, 0.25) is 0 Å². The zero-order chi connectivity index (χ0) is 22.0. The van der Waals surface area contributed by atoms with Crippen LogP contribution in [-0.2, 0) is 16.9 Å². The van der Waals surface area contributed by atoms with Gasteiger partial charge in [0.1, 0.15) is 11.6 Å². The van der Waals surface area contributed by atoms with Crippen molar-refractivity contribution in [3.8, 4) is 16.9 Å². The summed E-state index contributed by atoms with van der Waals surface area (Å²) < 4.78 is 44.3. The highest BCUT2D eigenvalue weighted by Gasteiger charge is 2.30. The molecule has 0 radical (unpaired) electrons. The molecular weight excluding hydrogens is 435 g/mol. The number of fused-ring (bicyclic) bond motifs is 1. The second-order valence-electron chi connectivity index (χ2n) is 7.10. The Kier molecular flexibility index (Phi) is 7.12. The van der Waals surface area contributed by atoms with Gasteiger partial charge in [0, 0.05) is 23.4 Å². The molecule has 2 heterocycles. The van der Waals surface area contributed by atoms with Gasteiger partial charge < -0.3 is 9.84 Å².